The molecule has 0 aliphatic heterocycles. The van der Waals surface area contributed by atoms with Gasteiger partial charge in [-0.05, 0) is 65.1 Å². The van der Waals surface area contributed by atoms with Crippen LogP contribution < -0.4 is 4.74 Å². The molecule has 3 rings (SSSR count). The SMILES string of the molecule is C/C(=C/COc1cccc(CC(=O)O)c1)c1ccc(-c2ccc(Br)cc2)cc1. The predicted molar refractivity (Wildman–Crippen MR) is 117 cm³/mol. The molecule has 0 amide bonds. The highest BCUT2D eigenvalue weighted by atomic mass is 79.9. The quantitative estimate of drug-likeness (QED) is 0.477. The maximum absolute atomic E-state index is 10.8. The van der Waals surface area contributed by atoms with E-state index in [0.717, 1.165) is 21.2 Å². The van der Waals surface area contributed by atoms with Crippen molar-refractivity contribution in [1.29, 1.82) is 0 Å². The zero-order valence-electron chi connectivity index (χ0n) is 15.6. The van der Waals surface area contributed by atoms with Crippen molar-refractivity contribution in [3.05, 3.63) is 94.5 Å². The topological polar surface area (TPSA) is 46.5 Å². The van der Waals surface area contributed by atoms with E-state index in [1.807, 2.05) is 30.3 Å². The largest absolute Gasteiger partial charge is 0.490 e. The molecule has 0 heterocycles. The van der Waals surface area contributed by atoms with Crippen LogP contribution in [0, 0.1) is 0 Å². The summed E-state index contributed by atoms with van der Waals surface area (Å²) in [5, 5.41) is 8.88. The number of benzene rings is 3. The fourth-order valence-corrected chi connectivity index (χ4v) is 3.13. The van der Waals surface area contributed by atoms with Crippen molar-refractivity contribution < 1.29 is 14.6 Å². The van der Waals surface area contributed by atoms with Gasteiger partial charge in [-0.1, -0.05) is 64.5 Å². The Morgan fingerprint density at radius 1 is 1.00 bits per heavy atom. The Morgan fingerprint density at radius 2 is 1.64 bits per heavy atom. The fraction of sp³-hybridized carbons (Fsp3) is 0.125. The van der Waals surface area contributed by atoms with Crippen molar-refractivity contribution in [1.82, 2.24) is 0 Å². The molecule has 3 aromatic rings. The fourth-order valence-electron chi connectivity index (χ4n) is 2.87. The van der Waals surface area contributed by atoms with Crippen LogP contribution in [0.1, 0.15) is 18.1 Å². The lowest BCUT2D eigenvalue weighted by Crippen LogP contribution is -2.01. The molecule has 0 aliphatic rings. The van der Waals surface area contributed by atoms with Gasteiger partial charge < -0.3 is 9.84 Å². The van der Waals surface area contributed by atoms with Crippen molar-refractivity contribution in [2.45, 2.75) is 13.3 Å². The van der Waals surface area contributed by atoms with E-state index in [4.69, 9.17) is 9.84 Å². The Morgan fingerprint density at radius 3 is 2.29 bits per heavy atom. The predicted octanol–water partition coefficient (Wildman–Crippen LogP) is 6.23. The maximum atomic E-state index is 10.8. The standard InChI is InChI=1S/C24H21BrO3/c1-17(13-14-28-23-4-2-3-18(15-23)16-24(26)27)19-5-7-20(8-6-19)21-9-11-22(25)12-10-21/h2-13,15H,14,16H2,1H3,(H,26,27)/b17-13-. The number of hydrogen-bond donors (Lipinski definition) is 1. The van der Waals surface area contributed by atoms with E-state index >= 15 is 0 Å². The average Bonchev–Trinajstić information content (AvgIpc) is 2.68. The number of allylic oxidation sites excluding steroid dienone is 1. The van der Waals surface area contributed by atoms with E-state index in [1.165, 1.54) is 11.1 Å². The monoisotopic (exact) mass is 436 g/mol. The number of aliphatic carboxylic acids is 1. The molecule has 4 heteroatoms. The van der Waals surface area contributed by atoms with Gasteiger partial charge in [-0.25, -0.2) is 0 Å². The molecule has 0 aliphatic carbocycles. The number of halogens is 1. The van der Waals surface area contributed by atoms with Gasteiger partial charge in [-0.2, -0.15) is 0 Å². The van der Waals surface area contributed by atoms with E-state index < -0.39 is 5.97 Å². The summed E-state index contributed by atoms with van der Waals surface area (Å²) in [6.07, 6.45) is 2.02. The van der Waals surface area contributed by atoms with Gasteiger partial charge in [-0.15, -0.1) is 0 Å². The minimum Gasteiger partial charge on any atom is -0.490 e. The zero-order chi connectivity index (χ0) is 19.9. The third kappa shape index (κ3) is 5.57. The molecule has 0 fully saturated rings. The van der Waals surface area contributed by atoms with Crippen molar-refractivity contribution in [2.24, 2.45) is 0 Å². The number of rotatable bonds is 7. The lowest BCUT2D eigenvalue weighted by molar-refractivity contribution is -0.136. The Balaban J connectivity index is 1.62. The smallest absolute Gasteiger partial charge is 0.307 e. The molecule has 0 saturated carbocycles. The van der Waals surface area contributed by atoms with Crippen molar-refractivity contribution in [3.63, 3.8) is 0 Å². The second kappa shape index (κ2) is 9.38. The van der Waals surface area contributed by atoms with E-state index in [9.17, 15) is 4.79 Å². The van der Waals surface area contributed by atoms with Crippen LogP contribution >= 0.6 is 15.9 Å². The minimum absolute atomic E-state index is 0.00319. The molecular weight excluding hydrogens is 416 g/mol. The molecule has 28 heavy (non-hydrogen) atoms. The van der Waals surface area contributed by atoms with Gasteiger partial charge in [0.05, 0.1) is 6.42 Å². The lowest BCUT2D eigenvalue weighted by atomic mass is 10.0. The van der Waals surface area contributed by atoms with Crippen LogP contribution in [0.2, 0.25) is 0 Å². The zero-order valence-corrected chi connectivity index (χ0v) is 17.1. The van der Waals surface area contributed by atoms with E-state index in [2.05, 4.69) is 59.3 Å². The average molecular weight is 437 g/mol. The van der Waals surface area contributed by atoms with E-state index in [1.54, 1.807) is 12.1 Å². The molecule has 0 spiro atoms. The first-order valence-corrected chi connectivity index (χ1v) is 9.77. The summed E-state index contributed by atoms with van der Waals surface area (Å²) in [6, 6.07) is 23.9. The normalized spacial score (nSPS) is 11.3. The Hall–Kier alpha value is -2.85. The summed E-state index contributed by atoms with van der Waals surface area (Å²) in [5.74, 6) is -0.173. The summed E-state index contributed by atoms with van der Waals surface area (Å²) >= 11 is 3.46. The van der Waals surface area contributed by atoms with Gasteiger partial charge in [0, 0.05) is 4.47 Å². The summed E-state index contributed by atoms with van der Waals surface area (Å²) in [7, 11) is 0. The van der Waals surface area contributed by atoms with Crippen molar-refractivity contribution in [3.8, 4) is 16.9 Å². The summed E-state index contributed by atoms with van der Waals surface area (Å²) in [6.45, 7) is 2.48. The molecule has 3 aromatic carbocycles. The first-order valence-electron chi connectivity index (χ1n) is 8.98. The van der Waals surface area contributed by atoms with Crippen LogP contribution in [0.15, 0.2) is 83.3 Å². The highest BCUT2D eigenvalue weighted by Crippen LogP contribution is 2.24. The Kier molecular flexibility index (Phi) is 6.66. The van der Waals surface area contributed by atoms with Gasteiger partial charge in [0.25, 0.3) is 0 Å². The van der Waals surface area contributed by atoms with Crippen LogP contribution in [0.25, 0.3) is 16.7 Å². The van der Waals surface area contributed by atoms with Gasteiger partial charge in [0.2, 0.25) is 0 Å². The number of carboxylic acid groups (broad SMARTS) is 1. The molecule has 0 saturated heterocycles. The van der Waals surface area contributed by atoms with Crippen molar-refractivity contribution in [2.75, 3.05) is 6.61 Å². The second-order valence-electron chi connectivity index (χ2n) is 6.50. The Labute approximate surface area is 173 Å². The number of ether oxygens (including phenoxy) is 1. The highest BCUT2D eigenvalue weighted by molar-refractivity contribution is 9.10. The van der Waals surface area contributed by atoms with Gasteiger partial charge in [-0.3, -0.25) is 4.79 Å². The van der Waals surface area contributed by atoms with Crippen LogP contribution in [0.5, 0.6) is 5.75 Å². The Bertz CT molecular complexity index is 973. The van der Waals surface area contributed by atoms with Crippen LogP contribution in [0.3, 0.4) is 0 Å². The first kappa shape index (κ1) is 19.9. The first-order chi connectivity index (χ1) is 13.5. The van der Waals surface area contributed by atoms with Crippen LogP contribution in [-0.2, 0) is 11.2 Å². The van der Waals surface area contributed by atoms with Gasteiger partial charge in [0.15, 0.2) is 0 Å². The molecule has 0 unspecified atom stereocenters. The second-order valence-corrected chi connectivity index (χ2v) is 7.42. The highest BCUT2D eigenvalue weighted by Gasteiger charge is 2.03. The molecule has 0 aromatic heterocycles. The molecular formula is C24H21BrO3. The van der Waals surface area contributed by atoms with E-state index in [-0.39, 0.29) is 6.42 Å². The summed E-state index contributed by atoms with van der Waals surface area (Å²) in [4.78, 5) is 10.8. The molecule has 0 radical (unpaired) electrons. The maximum Gasteiger partial charge on any atom is 0.307 e. The van der Waals surface area contributed by atoms with Crippen LogP contribution in [-0.4, -0.2) is 17.7 Å². The molecule has 142 valence electrons. The molecule has 3 nitrogen and oxygen atoms in total. The van der Waals surface area contributed by atoms with E-state index in [0.29, 0.717) is 12.4 Å². The van der Waals surface area contributed by atoms with Crippen molar-refractivity contribution >= 4 is 27.5 Å². The minimum atomic E-state index is -0.848. The molecule has 1 N–H and O–H groups in total. The third-order valence-corrected chi connectivity index (χ3v) is 4.94. The summed E-state index contributed by atoms with van der Waals surface area (Å²) < 4.78 is 6.82. The summed E-state index contributed by atoms with van der Waals surface area (Å²) in [5.41, 5.74) is 5.36. The van der Waals surface area contributed by atoms with Crippen LogP contribution in [0.4, 0.5) is 0 Å². The molecule has 0 bridgehead atoms. The van der Waals surface area contributed by atoms with Gasteiger partial charge >= 0.3 is 5.97 Å². The number of carbonyl (C=O) groups is 1. The third-order valence-electron chi connectivity index (χ3n) is 4.41. The number of carboxylic acids is 1. The lowest BCUT2D eigenvalue weighted by Gasteiger charge is -2.08. The number of hydrogen-bond acceptors (Lipinski definition) is 2. The molecule has 0 atom stereocenters. The van der Waals surface area contributed by atoms with Gasteiger partial charge in [0.1, 0.15) is 12.4 Å².